The second-order valence-corrected chi connectivity index (χ2v) is 6.46. The molecule has 0 spiro atoms. The highest BCUT2D eigenvalue weighted by Gasteiger charge is 2.22. The zero-order chi connectivity index (χ0) is 16.7. The van der Waals surface area contributed by atoms with E-state index in [1.54, 1.807) is 0 Å². The number of benzene rings is 1. The maximum Gasteiger partial charge on any atom is 0.317 e. The van der Waals surface area contributed by atoms with Gasteiger partial charge in [0.2, 0.25) is 5.91 Å². The highest BCUT2D eigenvalue weighted by Crippen LogP contribution is 2.09. The summed E-state index contributed by atoms with van der Waals surface area (Å²) in [7, 11) is 0. The molecule has 126 valence electrons. The van der Waals surface area contributed by atoms with Crippen molar-refractivity contribution in [2.45, 2.75) is 33.2 Å². The fourth-order valence-corrected chi connectivity index (χ4v) is 2.73. The monoisotopic (exact) mass is 317 g/mol. The van der Waals surface area contributed by atoms with E-state index in [0.29, 0.717) is 38.5 Å². The Morgan fingerprint density at radius 3 is 2.39 bits per heavy atom. The fourth-order valence-electron chi connectivity index (χ4n) is 2.73. The number of nitrogens with one attached hydrogen (secondary N) is 1. The van der Waals surface area contributed by atoms with Crippen molar-refractivity contribution in [1.82, 2.24) is 15.1 Å². The second kappa shape index (κ2) is 8.56. The molecule has 5 nitrogen and oxygen atoms in total. The van der Waals surface area contributed by atoms with E-state index in [1.165, 1.54) is 0 Å². The number of rotatable bonds is 4. The van der Waals surface area contributed by atoms with Gasteiger partial charge < -0.3 is 15.1 Å². The van der Waals surface area contributed by atoms with Crippen LogP contribution in [0.15, 0.2) is 30.3 Å². The SMILES string of the molecule is CC(C)CC(=O)N1CCCN(C(=O)NCc2ccccc2)CC1. The molecule has 0 aromatic heterocycles. The lowest BCUT2D eigenvalue weighted by molar-refractivity contribution is -0.131. The summed E-state index contributed by atoms with van der Waals surface area (Å²) in [5.41, 5.74) is 1.09. The summed E-state index contributed by atoms with van der Waals surface area (Å²) in [6, 6.07) is 9.83. The van der Waals surface area contributed by atoms with Crippen LogP contribution in [0.2, 0.25) is 0 Å². The molecule has 0 unspecified atom stereocenters. The molecule has 0 saturated carbocycles. The number of hydrogen-bond acceptors (Lipinski definition) is 2. The topological polar surface area (TPSA) is 52.7 Å². The molecule has 1 N–H and O–H groups in total. The molecule has 1 fully saturated rings. The van der Waals surface area contributed by atoms with Crippen molar-refractivity contribution in [3.8, 4) is 0 Å². The maximum absolute atomic E-state index is 12.3. The molecule has 5 heteroatoms. The summed E-state index contributed by atoms with van der Waals surface area (Å²) >= 11 is 0. The van der Waals surface area contributed by atoms with Crippen LogP contribution in [0.4, 0.5) is 4.79 Å². The van der Waals surface area contributed by atoms with Crippen molar-refractivity contribution in [1.29, 1.82) is 0 Å². The van der Waals surface area contributed by atoms with Gasteiger partial charge in [-0.3, -0.25) is 4.79 Å². The first-order valence-electron chi connectivity index (χ1n) is 8.40. The smallest absolute Gasteiger partial charge is 0.317 e. The summed E-state index contributed by atoms with van der Waals surface area (Å²) in [5.74, 6) is 0.572. The number of hydrogen-bond donors (Lipinski definition) is 1. The molecule has 1 aliphatic rings. The first kappa shape index (κ1) is 17.3. The summed E-state index contributed by atoms with van der Waals surface area (Å²) in [5, 5.41) is 2.96. The van der Waals surface area contributed by atoms with Crippen LogP contribution < -0.4 is 5.32 Å². The van der Waals surface area contributed by atoms with E-state index in [1.807, 2.05) is 40.1 Å². The number of amides is 3. The van der Waals surface area contributed by atoms with Gasteiger partial charge in [-0.1, -0.05) is 44.2 Å². The Hall–Kier alpha value is -2.04. The zero-order valence-corrected chi connectivity index (χ0v) is 14.1. The van der Waals surface area contributed by atoms with Crippen molar-refractivity contribution in [2.24, 2.45) is 5.92 Å². The molecule has 0 aliphatic carbocycles. The van der Waals surface area contributed by atoms with Crippen molar-refractivity contribution in [2.75, 3.05) is 26.2 Å². The average molecular weight is 317 g/mol. The van der Waals surface area contributed by atoms with Crippen LogP contribution in [0.3, 0.4) is 0 Å². The van der Waals surface area contributed by atoms with Gasteiger partial charge in [0.1, 0.15) is 0 Å². The highest BCUT2D eigenvalue weighted by molar-refractivity contribution is 5.77. The summed E-state index contributed by atoms with van der Waals surface area (Å²) in [6.07, 6.45) is 1.42. The molecular weight excluding hydrogens is 290 g/mol. The number of carbonyl (C=O) groups excluding carboxylic acids is 2. The summed E-state index contributed by atoms with van der Waals surface area (Å²) in [6.45, 7) is 7.32. The van der Waals surface area contributed by atoms with E-state index >= 15 is 0 Å². The molecule has 1 heterocycles. The van der Waals surface area contributed by atoms with Gasteiger partial charge in [0.15, 0.2) is 0 Å². The van der Waals surface area contributed by atoms with Gasteiger partial charge >= 0.3 is 6.03 Å². The van der Waals surface area contributed by atoms with E-state index in [-0.39, 0.29) is 11.9 Å². The standard InChI is InChI=1S/C18H27N3O2/c1-15(2)13-17(22)20-9-6-10-21(12-11-20)18(23)19-14-16-7-4-3-5-8-16/h3-5,7-8,15H,6,9-14H2,1-2H3,(H,19,23). The van der Waals surface area contributed by atoms with E-state index in [9.17, 15) is 9.59 Å². The lowest BCUT2D eigenvalue weighted by atomic mass is 10.1. The van der Waals surface area contributed by atoms with Gasteiger partial charge in [-0.25, -0.2) is 4.79 Å². The first-order chi connectivity index (χ1) is 11.1. The second-order valence-electron chi connectivity index (χ2n) is 6.46. The molecular formula is C18H27N3O2. The van der Waals surface area contributed by atoms with E-state index in [4.69, 9.17) is 0 Å². The Labute approximate surface area is 138 Å². The van der Waals surface area contributed by atoms with Crippen LogP contribution in [0.1, 0.15) is 32.3 Å². The number of urea groups is 1. The third-order valence-electron chi connectivity index (χ3n) is 4.01. The van der Waals surface area contributed by atoms with Crippen molar-refractivity contribution < 1.29 is 9.59 Å². The molecule has 0 bridgehead atoms. The van der Waals surface area contributed by atoms with Gasteiger partial charge in [0.05, 0.1) is 0 Å². The Morgan fingerprint density at radius 2 is 1.70 bits per heavy atom. The highest BCUT2D eigenvalue weighted by atomic mass is 16.2. The Morgan fingerprint density at radius 1 is 1.04 bits per heavy atom. The van der Waals surface area contributed by atoms with Crippen LogP contribution in [0.5, 0.6) is 0 Å². The van der Waals surface area contributed by atoms with Crippen LogP contribution in [-0.2, 0) is 11.3 Å². The minimum atomic E-state index is -0.0491. The van der Waals surface area contributed by atoms with Gasteiger partial charge in [0, 0.05) is 39.1 Å². The molecule has 1 aliphatic heterocycles. The predicted molar refractivity (Wildman–Crippen MR) is 90.9 cm³/mol. The predicted octanol–water partition coefficient (Wildman–Crippen LogP) is 2.48. The normalized spacial score (nSPS) is 15.4. The summed E-state index contributed by atoms with van der Waals surface area (Å²) < 4.78 is 0. The number of nitrogens with zero attached hydrogens (tertiary/aromatic N) is 2. The van der Waals surface area contributed by atoms with Crippen LogP contribution in [-0.4, -0.2) is 47.9 Å². The minimum Gasteiger partial charge on any atom is -0.341 e. The Kier molecular flexibility index (Phi) is 6.44. The molecule has 0 atom stereocenters. The molecule has 1 aromatic carbocycles. The molecule has 23 heavy (non-hydrogen) atoms. The minimum absolute atomic E-state index is 0.0491. The molecule has 0 radical (unpaired) electrons. The first-order valence-corrected chi connectivity index (χ1v) is 8.40. The summed E-state index contributed by atoms with van der Waals surface area (Å²) in [4.78, 5) is 28.1. The zero-order valence-electron chi connectivity index (χ0n) is 14.1. The van der Waals surface area contributed by atoms with E-state index in [2.05, 4.69) is 19.2 Å². The molecule has 1 aromatic rings. The van der Waals surface area contributed by atoms with Crippen LogP contribution >= 0.6 is 0 Å². The Balaban J connectivity index is 1.80. The Bertz CT molecular complexity index is 516. The van der Waals surface area contributed by atoms with Crippen molar-refractivity contribution >= 4 is 11.9 Å². The van der Waals surface area contributed by atoms with Crippen LogP contribution in [0, 0.1) is 5.92 Å². The van der Waals surface area contributed by atoms with Gasteiger partial charge in [-0.2, -0.15) is 0 Å². The van der Waals surface area contributed by atoms with E-state index < -0.39 is 0 Å². The fraction of sp³-hybridized carbons (Fsp3) is 0.556. The van der Waals surface area contributed by atoms with Crippen molar-refractivity contribution in [3.05, 3.63) is 35.9 Å². The van der Waals surface area contributed by atoms with Gasteiger partial charge in [0.25, 0.3) is 0 Å². The van der Waals surface area contributed by atoms with E-state index in [0.717, 1.165) is 18.5 Å². The van der Waals surface area contributed by atoms with Crippen LogP contribution in [0.25, 0.3) is 0 Å². The third kappa shape index (κ3) is 5.58. The maximum atomic E-state index is 12.3. The van der Waals surface area contributed by atoms with Gasteiger partial charge in [-0.05, 0) is 17.9 Å². The lowest BCUT2D eigenvalue weighted by Gasteiger charge is -2.23. The quantitative estimate of drug-likeness (QED) is 0.927. The lowest BCUT2D eigenvalue weighted by Crippen LogP contribution is -2.42. The third-order valence-corrected chi connectivity index (χ3v) is 4.01. The van der Waals surface area contributed by atoms with Crippen molar-refractivity contribution in [3.63, 3.8) is 0 Å². The largest absolute Gasteiger partial charge is 0.341 e. The molecule has 3 amide bonds. The van der Waals surface area contributed by atoms with Gasteiger partial charge in [-0.15, -0.1) is 0 Å². The molecule has 2 rings (SSSR count). The number of carbonyl (C=O) groups is 2. The average Bonchev–Trinajstić information content (AvgIpc) is 2.79. The molecule has 1 saturated heterocycles.